The minimum Gasteiger partial charge on any atom is -0.480 e. The van der Waals surface area contributed by atoms with Crippen molar-refractivity contribution in [3.63, 3.8) is 0 Å². The number of hydrogen-bond donors (Lipinski definition) is 3. The number of carbonyl (C=O) groups excluding carboxylic acids is 1. The fraction of sp³-hybridized carbons (Fsp3) is 0.714. The summed E-state index contributed by atoms with van der Waals surface area (Å²) >= 11 is 0. The summed E-state index contributed by atoms with van der Waals surface area (Å²) in [5.41, 5.74) is 0. The lowest BCUT2D eigenvalue weighted by Crippen LogP contribution is -2.43. The van der Waals surface area contributed by atoms with E-state index in [1.807, 2.05) is 13.8 Å². The molecule has 1 aliphatic rings. The highest BCUT2D eigenvalue weighted by atomic mass is 16.4. The molecule has 0 aromatic heterocycles. The molecule has 1 rings (SSSR count). The maximum atomic E-state index is 10.8. The van der Waals surface area contributed by atoms with E-state index in [4.69, 9.17) is 5.11 Å². The molecule has 1 fully saturated rings. The maximum Gasteiger partial charge on any atom is 0.328 e. The first-order valence-corrected chi connectivity index (χ1v) is 3.82. The van der Waals surface area contributed by atoms with Crippen LogP contribution in [0, 0.1) is 5.92 Å². The Morgan fingerprint density at radius 1 is 1.50 bits per heavy atom. The standard InChI is InChI=1S/C7H12N2O3/c1-3(2)4-5(6(10)11)9-7(12)8-4/h3-5H,1-2H3,(H,10,11)(H2,8,9,12). The molecule has 5 heteroatoms. The van der Waals surface area contributed by atoms with Crippen LogP contribution in [-0.2, 0) is 4.79 Å². The summed E-state index contributed by atoms with van der Waals surface area (Å²) in [4.78, 5) is 21.4. The fourth-order valence-electron chi connectivity index (χ4n) is 1.27. The maximum absolute atomic E-state index is 10.8. The number of amides is 2. The lowest BCUT2D eigenvalue weighted by Gasteiger charge is -2.17. The Morgan fingerprint density at radius 2 is 2.08 bits per heavy atom. The SMILES string of the molecule is CC(C)C1NC(=O)NC1C(=O)O. The normalized spacial score (nSPS) is 28.4. The Hall–Kier alpha value is -1.26. The van der Waals surface area contributed by atoms with Gasteiger partial charge < -0.3 is 15.7 Å². The van der Waals surface area contributed by atoms with E-state index in [0.29, 0.717) is 0 Å². The van der Waals surface area contributed by atoms with Gasteiger partial charge in [0.05, 0.1) is 6.04 Å². The van der Waals surface area contributed by atoms with Crippen LogP contribution in [0.3, 0.4) is 0 Å². The van der Waals surface area contributed by atoms with Crippen LogP contribution in [0.1, 0.15) is 13.8 Å². The van der Waals surface area contributed by atoms with Crippen molar-refractivity contribution in [2.24, 2.45) is 5.92 Å². The molecule has 2 amide bonds. The Balaban J connectivity index is 2.72. The topological polar surface area (TPSA) is 78.4 Å². The van der Waals surface area contributed by atoms with Gasteiger partial charge >= 0.3 is 12.0 Å². The zero-order valence-corrected chi connectivity index (χ0v) is 7.00. The molecular weight excluding hydrogens is 160 g/mol. The Morgan fingerprint density at radius 3 is 2.42 bits per heavy atom. The van der Waals surface area contributed by atoms with E-state index in [2.05, 4.69) is 10.6 Å². The van der Waals surface area contributed by atoms with Crippen molar-refractivity contribution < 1.29 is 14.7 Å². The second kappa shape index (κ2) is 3.00. The summed E-state index contributed by atoms with van der Waals surface area (Å²) in [6.45, 7) is 3.74. The summed E-state index contributed by atoms with van der Waals surface area (Å²) in [6, 6.07) is -1.51. The van der Waals surface area contributed by atoms with Gasteiger partial charge in [0.1, 0.15) is 6.04 Å². The number of urea groups is 1. The van der Waals surface area contributed by atoms with Crippen molar-refractivity contribution in [2.45, 2.75) is 25.9 Å². The third kappa shape index (κ3) is 1.49. The van der Waals surface area contributed by atoms with Crippen LogP contribution >= 0.6 is 0 Å². The number of rotatable bonds is 2. The Kier molecular flexibility index (Phi) is 2.21. The molecule has 0 spiro atoms. The fourth-order valence-corrected chi connectivity index (χ4v) is 1.27. The molecule has 0 aromatic rings. The van der Waals surface area contributed by atoms with Crippen LogP contribution in [0.25, 0.3) is 0 Å². The van der Waals surface area contributed by atoms with Gasteiger partial charge in [-0.1, -0.05) is 13.8 Å². The van der Waals surface area contributed by atoms with Gasteiger partial charge in [-0.25, -0.2) is 9.59 Å². The summed E-state index contributed by atoms with van der Waals surface area (Å²) in [7, 11) is 0. The number of hydrogen-bond acceptors (Lipinski definition) is 2. The van der Waals surface area contributed by atoms with E-state index >= 15 is 0 Å². The van der Waals surface area contributed by atoms with Gasteiger partial charge in [-0.15, -0.1) is 0 Å². The molecule has 12 heavy (non-hydrogen) atoms. The second-order valence-corrected chi connectivity index (χ2v) is 3.20. The molecular formula is C7H12N2O3. The molecule has 0 bridgehead atoms. The molecule has 5 nitrogen and oxygen atoms in total. The van der Waals surface area contributed by atoms with Gasteiger partial charge in [-0.3, -0.25) is 0 Å². The number of carbonyl (C=O) groups is 2. The van der Waals surface area contributed by atoms with E-state index in [0.717, 1.165) is 0 Å². The summed E-state index contributed by atoms with van der Waals surface area (Å²) in [5, 5.41) is 13.6. The van der Waals surface area contributed by atoms with Gasteiger partial charge in [-0.2, -0.15) is 0 Å². The largest absolute Gasteiger partial charge is 0.480 e. The highest BCUT2D eigenvalue weighted by molar-refractivity contribution is 5.87. The smallest absolute Gasteiger partial charge is 0.328 e. The first-order valence-electron chi connectivity index (χ1n) is 3.82. The predicted molar refractivity (Wildman–Crippen MR) is 41.7 cm³/mol. The molecule has 0 radical (unpaired) electrons. The Bertz CT molecular complexity index is 215. The van der Waals surface area contributed by atoms with Gasteiger partial charge in [-0.05, 0) is 5.92 Å². The van der Waals surface area contributed by atoms with Crippen molar-refractivity contribution in [3.8, 4) is 0 Å². The molecule has 0 aliphatic carbocycles. The van der Waals surface area contributed by atoms with E-state index < -0.39 is 18.0 Å². The van der Waals surface area contributed by atoms with Crippen molar-refractivity contribution in [1.29, 1.82) is 0 Å². The predicted octanol–water partition coefficient (Wildman–Crippen LogP) is -0.223. The van der Waals surface area contributed by atoms with E-state index in [1.54, 1.807) is 0 Å². The van der Waals surface area contributed by atoms with Crippen LogP contribution in [-0.4, -0.2) is 29.2 Å². The van der Waals surface area contributed by atoms with Crippen LogP contribution < -0.4 is 10.6 Å². The number of carboxylic acid groups (broad SMARTS) is 1. The van der Waals surface area contributed by atoms with E-state index in [-0.39, 0.29) is 12.0 Å². The van der Waals surface area contributed by atoms with E-state index in [9.17, 15) is 9.59 Å². The molecule has 1 aliphatic heterocycles. The molecule has 0 saturated carbocycles. The number of nitrogens with one attached hydrogen (secondary N) is 2. The van der Waals surface area contributed by atoms with Crippen molar-refractivity contribution in [1.82, 2.24) is 10.6 Å². The zero-order valence-electron chi connectivity index (χ0n) is 7.00. The van der Waals surface area contributed by atoms with Gasteiger partial charge in [0.15, 0.2) is 0 Å². The molecule has 0 aromatic carbocycles. The summed E-state index contributed by atoms with van der Waals surface area (Å²) in [5.74, 6) is -0.878. The third-order valence-electron chi connectivity index (χ3n) is 1.93. The van der Waals surface area contributed by atoms with Crippen LogP contribution in [0.4, 0.5) is 4.79 Å². The minimum absolute atomic E-state index is 0.116. The number of aliphatic carboxylic acids is 1. The molecule has 2 unspecified atom stereocenters. The molecule has 2 atom stereocenters. The summed E-state index contributed by atoms with van der Waals surface area (Å²) in [6.07, 6.45) is 0. The van der Waals surface area contributed by atoms with Gasteiger partial charge in [0.2, 0.25) is 0 Å². The third-order valence-corrected chi connectivity index (χ3v) is 1.93. The average Bonchev–Trinajstić information content (AvgIpc) is 2.31. The summed E-state index contributed by atoms with van der Waals surface area (Å²) < 4.78 is 0. The van der Waals surface area contributed by atoms with Crippen LogP contribution in [0.15, 0.2) is 0 Å². The second-order valence-electron chi connectivity index (χ2n) is 3.20. The molecule has 68 valence electrons. The Labute approximate surface area is 70.1 Å². The number of carboxylic acids is 1. The lowest BCUT2D eigenvalue weighted by molar-refractivity contribution is -0.139. The zero-order chi connectivity index (χ0) is 9.30. The highest BCUT2D eigenvalue weighted by Crippen LogP contribution is 2.11. The monoisotopic (exact) mass is 172 g/mol. The van der Waals surface area contributed by atoms with Gasteiger partial charge in [0.25, 0.3) is 0 Å². The minimum atomic E-state index is -0.993. The lowest BCUT2D eigenvalue weighted by atomic mass is 9.98. The van der Waals surface area contributed by atoms with Crippen LogP contribution in [0.5, 0.6) is 0 Å². The quantitative estimate of drug-likeness (QED) is 0.538. The van der Waals surface area contributed by atoms with Crippen molar-refractivity contribution >= 4 is 12.0 Å². The average molecular weight is 172 g/mol. The first-order chi connectivity index (χ1) is 5.52. The molecule has 3 N–H and O–H groups in total. The highest BCUT2D eigenvalue weighted by Gasteiger charge is 2.38. The van der Waals surface area contributed by atoms with Crippen molar-refractivity contribution in [2.75, 3.05) is 0 Å². The van der Waals surface area contributed by atoms with Crippen molar-refractivity contribution in [3.05, 3.63) is 0 Å². The molecule has 1 saturated heterocycles. The van der Waals surface area contributed by atoms with Crippen LogP contribution in [0.2, 0.25) is 0 Å². The first kappa shape index (κ1) is 8.83. The van der Waals surface area contributed by atoms with Gasteiger partial charge in [0, 0.05) is 0 Å². The van der Waals surface area contributed by atoms with E-state index in [1.165, 1.54) is 0 Å². The molecule has 1 heterocycles.